The van der Waals surface area contributed by atoms with Crippen LogP contribution >= 0.6 is 11.3 Å². The molecule has 3 aromatic rings. The molecule has 1 amide bonds. The van der Waals surface area contributed by atoms with Crippen LogP contribution in [0.2, 0.25) is 0 Å². The maximum absolute atomic E-state index is 11.9. The number of hydrogen-bond acceptors (Lipinski definition) is 6. The van der Waals surface area contributed by atoms with Gasteiger partial charge in [0, 0.05) is 29.8 Å². The van der Waals surface area contributed by atoms with Crippen molar-refractivity contribution >= 4 is 17.2 Å². The number of nitrogens with zero attached hydrogens (tertiary/aromatic N) is 3. The summed E-state index contributed by atoms with van der Waals surface area (Å²) in [6, 6.07) is 9.61. The first-order chi connectivity index (χ1) is 11.7. The van der Waals surface area contributed by atoms with E-state index in [0.717, 1.165) is 22.6 Å². The van der Waals surface area contributed by atoms with Gasteiger partial charge in [-0.3, -0.25) is 4.79 Å². The van der Waals surface area contributed by atoms with Crippen molar-refractivity contribution in [2.24, 2.45) is 0 Å². The van der Waals surface area contributed by atoms with E-state index in [1.165, 1.54) is 0 Å². The first-order valence-electron chi connectivity index (χ1n) is 7.76. The third kappa shape index (κ3) is 4.26. The van der Waals surface area contributed by atoms with Gasteiger partial charge in [-0.25, -0.2) is 4.98 Å². The second kappa shape index (κ2) is 7.83. The molecule has 0 aliphatic heterocycles. The summed E-state index contributed by atoms with van der Waals surface area (Å²) in [6.07, 6.45) is 1.73. The topological polar surface area (TPSA) is 80.9 Å². The maximum atomic E-state index is 11.9. The number of amides is 1. The fourth-order valence-electron chi connectivity index (χ4n) is 2.25. The standard InChI is InChI=1S/C17H18N4O2S/c1-12-14(24-11-19-12)7-8-16(22)18-10-9-15-20-17(23-21-15)13-5-3-2-4-6-13/h2-6,11H,7-10H2,1H3,(H,18,22). The van der Waals surface area contributed by atoms with Crippen LogP contribution in [0.15, 0.2) is 40.4 Å². The molecule has 0 aliphatic carbocycles. The highest BCUT2D eigenvalue weighted by Crippen LogP contribution is 2.16. The van der Waals surface area contributed by atoms with E-state index >= 15 is 0 Å². The summed E-state index contributed by atoms with van der Waals surface area (Å²) in [5, 5.41) is 6.83. The first kappa shape index (κ1) is 16.3. The third-order valence-corrected chi connectivity index (χ3v) is 4.58. The average Bonchev–Trinajstić information content (AvgIpc) is 3.23. The highest BCUT2D eigenvalue weighted by molar-refractivity contribution is 7.09. The van der Waals surface area contributed by atoms with Gasteiger partial charge in [0.15, 0.2) is 5.82 Å². The van der Waals surface area contributed by atoms with Crippen LogP contribution in [0.3, 0.4) is 0 Å². The number of benzene rings is 1. The molecule has 2 aromatic heterocycles. The van der Waals surface area contributed by atoms with Crippen molar-refractivity contribution < 1.29 is 9.32 Å². The molecule has 1 N–H and O–H groups in total. The Morgan fingerprint density at radius 3 is 2.83 bits per heavy atom. The summed E-state index contributed by atoms with van der Waals surface area (Å²) >= 11 is 1.59. The van der Waals surface area contributed by atoms with Gasteiger partial charge < -0.3 is 9.84 Å². The second-order valence-corrected chi connectivity index (χ2v) is 6.28. The number of nitrogens with one attached hydrogen (secondary N) is 1. The highest BCUT2D eigenvalue weighted by Gasteiger charge is 2.09. The van der Waals surface area contributed by atoms with Crippen LogP contribution in [0.5, 0.6) is 0 Å². The lowest BCUT2D eigenvalue weighted by molar-refractivity contribution is -0.121. The zero-order valence-electron chi connectivity index (χ0n) is 13.4. The Morgan fingerprint density at radius 1 is 1.25 bits per heavy atom. The Morgan fingerprint density at radius 2 is 2.08 bits per heavy atom. The molecule has 0 unspecified atom stereocenters. The van der Waals surface area contributed by atoms with Crippen molar-refractivity contribution in [1.29, 1.82) is 0 Å². The van der Waals surface area contributed by atoms with Crippen molar-refractivity contribution in [3.63, 3.8) is 0 Å². The Balaban J connectivity index is 1.42. The van der Waals surface area contributed by atoms with E-state index in [1.54, 1.807) is 11.3 Å². The van der Waals surface area contributed by atoms with Crippen LogP contribution in [-0.4, -0.2) is 27.6 Å². The highest BCUT2D eigenvalue weighted by atomic mass is 32.1. The number of rotatable bonds is 7. The number of carbonyl (C=O) groups excluding carboxylic acids is 1. The predicted octanol–water partition coefficient (Wildman–Crippen LogP) is 2.79. The molecule has 24 heavy (non-hydrogen) atoms. The fraction of sp³-hybridized carbons (Fsp3) is 0.294. The molecule has 0 radical (unpaired) electrons. The lowest BCUT2D eigenvalue weighted by Gasteiger charge is -2.02. The molecule has 0 saturated carbocycles. The van der Waals surface area contributed by atoms with E-state index in [2.05, 4.69) is 20.4 Å². The zero-order valence-corrected chi connectivity index (χ0v) is 14.2. The molecular formula is C17H18N4O2S. The van der Waals surface area contributed by atoms with Crippen LogP contribution in [0.1, 0.15) is 22.8 Å². The van der Waals surface area contributed by atoms with Gasteiger partial charge in [0.25, 0.3) is 5.89 Å². The summed E-state index contributed by atoms with van der Waals surface area (Å²) in [5.74, 6) is 1.11. The van der Waals surface area contributed by atoms with Gasteiger partial charge in [0.1, 0.15) is 0 Å². The van der Waals surface area contributed by atoms with Crippen LogP contribution in [0.4, 0.5) is 0 Å². The molecule has 3 rings (SSSR count). The van der Waals surface area contributed by atoms with Crippen molar-refractivity contribution in [2.75, 3.05) is 6.54 Å². The monoisotopic (exact) mass is 342 g/mol. The largest absolute Gasteiger partial charge is 0.356 e. The molecule has 1 aromatic carbocycles. The van der Waals surface area contributed by atoms with E-state index in [-0.39, 0.29) is 5.91 Å². The normalized spacial score (nSPS) is 10.7. The molecule has 0 atom stereocenters. The van der Waals surface area contributed by atoms with Gasteiger partial charge in [-0.05, 0) is 25.5 Å². The molecule has 0 spiro atoms. The molecule has 0 saturated heterocycles. The zero-order chi connectivity index (χ0) is 16.8. The second-order valence-electron chi connectivity index (χ2n) is 5.34. The quantitative estimate of drug-likeness (QED) is 0.714. The van der Waals surface area contributed by atoms with E-state index in [1.807, 2.05) is 42.8 Å². The summed E-state index contributed by atoms with van der Waals surface area (Å²) in [4.78, 5) is 21.6. The first-order valence-corrected chi connectivity index (χ1v) is 8.64. The van der Waals surface area contributed by atoms with Crippen LogP contribution in [0.25, 0.3) is 11.5 Å². The smallest absolute Gasteiger partial charge is 0.257 e. The summed E-state index contributed by atoms with van der Waals surface area (Å²) < 4.78 is 5.24. The lowest BCUT2D eigenvalue weighted by Crippen LogP contribution is -2.26. The summed E-state index contributed by atoms with van der Waals surface area (Å²) in [7, 11) is 0. The van der Waals surface area contributed by atoms with Crippen LogP contribution in [0, 0.1) is 6.92 Å². The van der Waals surface area contributed by atoms with E-state index in [4.69, 9.17) is 4.52 Å². The molecule has 0 bridgehead atoms. The Labute approximate surface area is 143 Å². The van der Waals surface area contributed by atoms with Gasteiger partial charge >= 0.3 is 0 Å². The Hall–Kier alpha value is -2.54. The van der Waals surface area contributed by atoms with Gasteiger partial charge in [-0.2, -0.15) is 4.98 Å². The van der Waals surface area contributed by atoms with Gasteiger partial charge in [0.05, 0.1) is 11.2 Å². The SMILES string of the molecule is Cc1ncsc1CCC(=O)NCCc1noc(-c2ccccc2)n1. The number of aryl methyl sites for hydroxylation is 2. The van der Waals surface area contributed by atoms with Crippen molar-refractivity contribution in [3.05, 3.63) is 52.2 Å². The summed E-state index contributed by atoms with van der Waals surface area (Å²) in [5.41, 5.74) is 3.71. The number of aromatic nitrogens is 3. The molecular weight excluding hydrogens is 324 g/mol. The minimum atomic E-state index is 0.0228. The Bertz CT molecular complexity index is 798. The molecule has 0 aliphatic rings. The molecule has 7 heteroatoms. The van der Waals surface area contributed by atoms with Crippen molar-refractivity contribution in [3.8, 4) is 11.5 Å². The minimum absolute atomic E-state index is 0.0228. The minimum Gasteiger partial charge on any atom is -0.356 e. The molecule has 124 valence electrons. The molecule has 2 heterocycles. The predicted molar refractivity (Wildman–Crippen MR) is 91.6 cm³/mol. The fourth-order valence-corrected chi connectivity index (χ4v) is 3.03. The van der Waals surface area contributed by atoms with E-state index in [9.17, 15) is 4.79 Å². The number of hydrogen-bond donors (Lipinski definition) is 1. The number of carbonyl (C=O) groups is 1. The van der Waals surface area contributed by atoms with Crippen molar-refractivity contribution in [2.45, 2.75) is 26.2 Å². The average molecular weight is 342 g/mol. The van der Waals surface area contributed by atoms with E-state index in [0.29, 0.717) is 31.1 Å². The summed E-state index contributed by atoms with van der Waals surface area (Å²) in [6.45, 7) is 2.46. The lowest BCUT2D eigenvalue weighted by atomic mass is 10.2. The van der Waals surface area contributed by atoms with Gasteiger partial charge in [0.2, 0.25) is 5.91 Å². The van der Waals surface area contributed by atoms with Crippen LogP contribution in [-0.2, 0) is 17.6 Å². The van der Waals surface area contributed by atoms with Crippen LogP contribution < -0.4 is 5.32 Å². The van der Waals surface area contributed by atoms with Gasteiger partial charge in [-0.15, -0.1) is 11.3 Å². The number of thiazole rings is 1. The maximum Gasteiger partial charge on any atom is 0.257 e. The molecule has 0 fully saturated rings. The Kier molecular flexibility index (Phi) is 5.32. The van der Waals surface area contributed by atoms with Gasteiger partial charge in [-0.1, -0.05) is 23.4 Å². The van der Waals surface area contributed by atoms with E-state index < -0.39 is 0 Å². The van der Waals surface area contributed by atoms with Crippen molar-refractivity contribution in [1.82, 2.24) is 20.4 Å². The third-order valence-electron chi connectivity index (χ3n) is 3.58. The molecule has 6 nitrogen and oxygen atoms in total.